The Morgan fingerprint density at radius 2 is 0.714 bits per heavy atom. The summed E-state index contributed by atoms with van der Waals surface area (Å²) in [5, 5.41) is 0. The van der Waals surface area contributed by atoms with Gasteiger partial charge in [0, 0.05) is 40.9 Å². The Morgan fingerprint density at radius 1 is 0.405 bits per heavy atom. The maximum atomic E-state index is 2.39. The molecule has 1 aliphatic carbocycles. The first kappa shape index (κ1) is 27.8. The minimum atomic E-state index is 0.0519. The van der Waals surface area contributed by atoms with E-state index < -0.39 is 0 Å². The van der Waals surface area contributed by atoms with Gasteiger partial charge in [-0.05, 0) is 105 Å². The molecule has 0 amide bonds. The lowest BCUT2D eigenvalue weighted by molar-refractivity contribution is 0.346. The van der Waals surface area contributed by atoms with E-state index in [0.29, 0.717) is 0 Å². The second-order valence-electron chi connectivity index (χ2n) is 12.1. The lowest BCUT2D eigenvalue weighted by Crippen LogP contribution is -2.30. The van der Waals surface area contributed by atoms with Crippen LogP contribution in [-0.4, -0.2) is 7.05 Å². The molecular formula is C40H42N2. The molecule has 6 rings (SSSR count). The van der Waals surface area contributed by atoms with Gasteiger partial charge in [0.15, 0.2) is 0 Å². The summed E-state index contributed by atoms with van der Waals surface area (Å²) >= 11 is 0. The van der Waals surface area contributed by atoms with Gasteiger partial charge >= 0.3 is 0 Å². The molecule has 1 aliphatic rings. The highest BCUT2D eigenvalue weighted by molar-refractivity contribution is 5.77. The van der Waals surface area contributed by atoms with Crippen molar-refractivity contribution in [3.8, 4) is 0 Å². The fourth-order valence-electron chi connectivity index (χ4n) is 6.59. The van der Waals surface area contributed by atoms with Crippen molar-refractivity contribution in [2.75, 3.05) is 16.8 Å². The predicted octanol–water partition coefficient (Wildman–Crippen LogP) is 11.1. The molecule has 0 radical (unpaired) electrons. The van der Waals surface area contributed by atoms with Crippen molar-refractivity contribution < 1.29 is 0 Å². The van der Waals surface area contributed by atoms with Gasteiger partial charge in [-0.2, -0.15) is 0 Å². The van der Waals surface area contributed by atoms with Gasteiger partial charge in [0.1, 0.15) is 0 Å². The summed E-state index contributed by atoms with van der Waals surface area (Å²) in [7, 11) is 2.16. The van der Waals surface area contributed by atoms with Crippen LogP contribution in [0, 0.1) is 20.8 Å². The van der Waals surface area contributed by atoms with Crippen molar-refractivity contribution in [1.82, 2.24) is 0 Å². The molecule has 5 aromatic rings. The zero-order chi connectivity index (χ0) is 29.1. The summed E-state index contributed by atoms with van der Waals surface area (Å²) in [6.07, 6.45) is 6.25. The van der Waals surface area contributed by atoms with Crippen LogP contribution in [0.1, 0.15) is 59.9 Å². The standard InChI is InChI=1S/C40H42N2/c1-30-8-18-35(19-9-30)41(4)36-24-14-33(15-25-36)40(28-6-5-7-29-40)34-16-26-39(27-17-34)42(37-20-10-31(2)11-21-37)38-22-12-32(3)13-23-38/h8-27H,5-7,28-29H2,1-4H3. The van der Waals surface area contributed by atoms with Crippen LogP contribution in [0.2, 0.25) is 0 Å². The van der Waals surface area contributed by atoms with Gasteiger partial charge in [0.05, 0.1) is 0 Å². The molecule has 1 fully saturated rings. The predicted molar refractivity (Wildman–Crippen MR) is 180 cm³/mol. The Balaban J connectivity index is 1.34. The van der Waals surface area contributed by atoms with E-state index in [1.54, 1.807) is 0 Å². The number of aryl methyl sites for hydroxylation is 3. The van der Waals surface area contributed by atoms with E-state index in [-0.39, 0.29) is 5.41 Å². The SMILES string of the molecule is Cc1ccc(N(C)c2ccc(C3(c4ccc(N(c5ccc(C)cc5)c5ccc(C)cc5)cc4)CCCCC3)cc2)cc1. The first-order valence-corrected chi connectivity index (χ1v) is 15.4. The molecule has 0 bridgehead atoms. The Hall–Kier alpha value is -4.30. The summed E-state index contributed by atoms with van der Waals surface area (Å²) in [6, 6.07) is 45.2. The van der Waals surface area contributed by atoms with E-state index in [1.165, 1.54) is 88.4 Å². The minimum Gasteiger partial charge on any atom is -0.345 e. The second kappa shape index (κ2) is 11.9. The van der Waals surface area contributed by atoms with Crippen LogP contribution in [0.25, 0.3) is 0 Å². The van der Waals surface area contributed by atoms with Crippen LogP contribution >= 0.6 is 0 Å². The Labute approximate surface area is 252 Å². The third kappa shape index (κ3) is 5.59. The zero-order valence-electron chi connectivity index (χ0n) is 25.5. The van der Waals surface area contributed by atoms with Crippen LogP contribution in [0.4, 0.5) is 28.4 Å². The third-order valence-electron chi connectivity index (χ3n) is 9.20. The molecule has 0 aliphatic heterocycles. The van der Waals surface area contributed by atoms with E-state index in [4.69, 9.17) is 0 Å². The quantitative estimate of drug-likeness (QED) is 0.199. The maximum Gasteiger partial charge on any atom is 0.0461 e. The van der Waals surface area contributed by atoms with E-state index in [1.807, 2.05) is 0 Å². The van der Waals surface area contributed by atoms with Crippen LogP contribution in [0.15, 0.2) is 121 Å². The second-order valence-corrected chi connectivity index (χ2v) is 12.1. The van der Waals surface area contributed by atoms with Gasteiger partial charge in [-0.3, -0.25) is 0 Å². The van der Waals surface area contributed by atoms with Crippen LogP contribution < -0.4 is 9.80 Å². The highest BCUT2D eigenvalue weighted by atomic mass is 15.1. The smallest absolute Gasteiger partial charge is 0.0461 e. The molecule has 5 aromatic carbocycles. The van der Waals surface area contributed by atoms with Gasteiger partial charge in [-0.15, -0.1) is 0 Å². The van der Waals surface area contributed by atoms with Crippen LogP contribution in [-0.2, 0) is 5.41 Å². The Morgan fingerprint density at radius 3 is 1.10 bits per heavy atom. The summed E-state index contributed by atoms with van der Waals surface area (Å²) in [5.41, 5.74) is 12.7. The Bertz CT molecular complexity index is 1550. The monoisotopic (exact) mass is 550 g/mol. The molecular weight excluding hydrogens is 508 g/mol. The van der Waals surface area contributed by atoms with Gasteiger partial charge in [-0.25, -0.2) is 0 Å². The lowest BCUT2D eigenvalue weighted by Gasteiger charge is -2.39. The summed E-state index contributed by atoms with van der Waals surface area (Å²) in [6.45, 7) is 6.42. The normalized spacial score (nSPS) is 14.4. The third-order valence-corrected chi connectivity index (χ3v) is 9.20. The average Bonchev–Trinajstić information content (AvgIpc) is 3.04. The highest BCUT2D eigenvalue weighted by Gasteiger charge is 2.35. The molecule has 212 valence electrons. The van der Waals surface area contributed by atoms with Gasteiger partial charge in [0.25, 0.3) is 0 Å². The van der Waals surface area contributed by atoms with Gasteiger partial charge < -0.3 is 9.80 Å². The molecule has 0 aromatic heterocycles. The van der Waals surface area contributed by atoms with Crippen molar-refractivity contribution in [2.45, 2.75) is 58.3 Å². The highest BCUT2D eigenvalue weighted by Crippen LogP contribution is 2.46. The van der Waals surface area contributed by atoms with E-state index in [2.05, 4.69) is 159 Å². The van der Waals surface area contributed by atoms with Crippen LogP contribution in [0.3, 0.4) is 0 Å². The maximum absolute atomic E-state index is 2.39. The van der Waals surface area contributed by atoms with Crippen molar-refractivity contribution >= 4 is 28.4 Å². The van der Waals surface area contributed by atoms with Crippen molar-refractivity contribution in [2.24, 2.45) is 0 Å². The first-order valence-electron chi connectivity index (χ1n) is 15.4. The number of benzene rings is 5. The topological polar surface area (TPSA) is 6.48 Å². The molecule has 42 heavy (non-hydrogen) atoms. The molecule has 0 N–H and O–H groups in total. The van der Waals surface area contributed by atoms with Gasteiger partial charge in [-0.1, -0.05) is 96.6 Å². The van der Waals surface area contributed by atoms with Crippen molar-refractivity contribution in [3.63, 3.8) is 0 Å². The van der Waals surface area contributed by atoms with Gasteiger partial charge in [0.2, 0.25) is 0 Å². The first-order chi connectivity index (χ1) is 20.4. The number of nitrogens with zero attached hydrogens (tertiary/aromatic N) is 2. The molecule has 2 nitrogen and oxygen atoms in total. The van der Waals surface area contributed by atoms with E-state index in [9.17, 15) is 0 Å². The van der Waals surface area contributed by atoms with Crippen molar-refractivity contribution in [1.29, 1.82) is 0 Å². The number of hydrogen-bond acceptors (Lipinski definition) is 2. The fourth-order valence-corrected chi connectivity index (χ4v) is 6.59. The van der Waals surface area contributed by atoms with Crippen molar-refractivity contribution in [3.05, 3.63) is 149 Å². The van der Waals surface area contributed by atoms with E-state index >= 15 is 0 Å². The molecule has 0 unspecified atom stereocenters. The van der Waals surface area contributed by atoms with E-state index in [0.717, 1.165) is 0 Å². The molecule has 2 heteroatoms. The fraction of sp³-hybridized carbons (Fsp3) is 0.250. The number of hydrogen-bond donors (Lipinski definition) is 0. The Kier molecular flexibility index (Phi) is 7.89. The summed E-state index contributed by atoms with van der Waals surface area (Å²) in [4.78, 5) is 4.64. The lowest BCUT2D eigenvalue weighted by atomic mass is 9.65. The molecule has 0 spiro atoms. The number of anilines is 5. The summed E-state index contributed by atoms with van der Waals surface area (Å²) in [5.74, 6) is 0. The largest absolute Gasteiger partial charge is 0.345 e. The summed E-state index contributed by atoms with van der Waals surface area (Å²) < 4.78 is 0. The molecule has 0 atom stereocenters. The minimum absolute atomic E-state index is 0.0519. The zero-order valence-corrected chi connectivity index (χ0v) is 25.5. The molecule has 0 heterocycles. The molecule has 0 saturated heterocycles. The number of rotatable bonds is 7. The average molecular weight is 551 g/mol. The van der Waals surface area contributed by atoms with Crippen LogP contribution in [0.5, 0.6) is 0 Å². The molecule has 1 saturated carbocycles.